The lowest BCUT2D eigenvalue weighted by molar-refractivity contribution is 1.10. The predicted octanol–water partition coefficient (Wildman–Crippen LogP) is 5.98. The Balaban J connectivity index is 1.87. The Hall–Kier alpha value is -3.57. The van der Waals surface area contributed by atoms with Crippen LogP contribution in [0.25, 0.3) is 49.5 Å². The van der Waals surface area contributed by atoms with Crippen LogP contribution in [-0.2, 0) is 0 Å². The normalized spacial score (nSPS) is 11.6. The lowest BCUT2D eigenvalue weighted by Crippen LogP contribution is -2.17. The molecule has 3 aromatic carbocycles. The molecule has 5 heteroatoms. The van der Waals surface area contributed by atoms with Crippen LogP contribution in [0.3, 0.4) is 0 Å². The van der Waals surface area contributed by atoms with E-state index >= 15 is 0 Å². The van der Waals surface area contributed by atoms with Gasteiger partial charge in [-0.05, 0) is 52.9 Å². The summed E-state index contributed by atoms with van der Waals surface area (Å²) in [6.07, 6.45) is 1.71. The first-order valence-electron chi connectivity index (χ1n) is 9.59. The second-order valence-electron chi connectivity index (χ2n) is 7.24. The minimum absolute atomic E-state index is 0.119. The summed E-state index contributed by atoms with van der Waals surface area (Å²) in [5.74, 6) is 0. The molecule has 0 saturated heterocycles. The smallest absolute Gasteiger partial charge is 0.267 e. The molecule has 4 nitrogen and oxygen atoms in total. The molecule has 3 heterocycles. The van der Waals surface area contributed by atoms with Crippen LogP contribution >= 0.6 is 15.9 Å². The number of benzene rings is 3. The van der Waals surface area contributed by atoms with E-state index < -0.39 is 0 Å². The van der Waals surface area contributed by atoms with Crippen molar-refractivity contribution in [3.05, 3.63) is 99.9 Å². The third kappa shape index (κ3) is 2.49. The Morgan fingerprint density at radius 2 is 1.57 bits per heavy atom. The number of aromatic nitrogens is 3. The molecule has 0 unspecified atom stereocenters. The lowest BCUT2D eigenvalue weighted by atomic mass is 10.00. The first-order valence-corrected chi connectivity index (χ1v) is 10.4. The zero-order valence-corrected chi connectivity index (χ0v) is 17.3. The maximum atomic E-state index is 13.5. The molecule has 0 spiro atoms. The van der Waals surface area contributed by atoms with Crippen LogP contribution in [0.2, 0.25) is 0 Å². The van der Waals surface area contributed by atoms with Gasteiger partial charge in [-0.1, -0.05) is 58.4 Å². The van der Waals surface area contributed by atoms with Gasteiger partial charge in [-0.25, -0.2) is 14.4 Å². The molecule has 0 N–H and O–H groups in total. The number of nitrogens with zero attached hydrogens (tertiary/aromatic N) is 3. The highest BCUT2D eigenvalue weighted by molar-refractivity contribution is 9.10. The summed E-state index contributed by atoms with van der Waals surface area (Å²) in [7, 11) is 0. The van der Waals surface area contributed by atoms with E-state index in [1.807, 2.05) is 48.5 Å². The van der Waals surface area contributed by atoms with Crippen molar-refractivity contribution in [1.82, 2.24) is 14.4 Å². The summed E-state index contributed by atoms with van der Waals surface area (Å²) in [5.41, 5.74) is 3.99. The molecular weight excluding hydrogens is 438 g/mol. The Labute approximate surface area is 179 Å². The Bertz CT molecular complexity index is 1670. The van der Waals surface area contributed by atoms with E-state index in [-0.39, 0.29) is 5.56 Å². The van der Waals surface area contributed by atoms with Gasteiger partial charge in [-0.15, -0.1) is 0 Å². The van der Waals surface area contributed by atoms with Crippen LogP contribution in [0, 0.1) is 0 Å². The molecule has 6 rings (SSSR count). The average Bonchev–Trinajstić information content (AvgIpc) is 2.80. The van der Waals surface area contributed by atoms with Gasteiger partial charge < -0.3 is 0 Å². The van der Waals surface area contributed by atoms with Crippen molar-refractivity contribution >= 4 is 54.3 Å². The molecule has 6 aromatic rings. The van der Waals surface area contributed by atoms with E-state index in [0.29, 0.717) is 22.2 Å². The summed E-state index contributed by atoms with van der Waals surface area (Å²) >= 11 is 3.46. The number of pyridine rings is 2. The monoisotopic (exact) mass is 451 g/mol. The highest BCUT2D eigenvalue weighted by atomic mass is 79.9. The van der Waals surface area contributed by atoms with E-state index in [4.69, 9.17) is 4.98 Å². The highest BCUT2D eigenvalue weighted by Crippen LogP contribution is 2.31. The van der Waals surface area contributed by atoms with Gasteiger partial charge in [0.05, 0.1) is 10.9 Å². The van der Waals surface area contributed by atoms with E-state index in [1.165, 1.54) is 0 Å². The van der Waals surface area contributed by atoms with E-state index in [1.54, 1.807) is 10.6 Å². The molecule has 142 valence electrons. The van der Waals surface area contributed by atoms with Crippen molar-refractivity contribution in [1.29, 1.82) is 0 Å². The fourth-order valence-electron chi connectivity index (χ4n) is 4.09. The molecule has 0 bridgehead atoms. The van der Waals surface area contributed by atoms with E-state index in [0.717, 1.165) is 31.8 Å². The maximum Gasteiger partial charge on any atom is 0.267 e. The van der Waals surface area contributed by atoms with Crippen molar-refractivity contribution in [2.24, 2.45) is 0 Å². The molecular formula is C25H14BrN3O. The van der Waals surface area contributed by atoms with Gasteiger partial charge in [0.2, 0.25) is 0 Å². The zero-order valence-electron chi connectivity index (χ0n) is 15.7. The van der Waals surface area contributed by atoms with Gasteiger partial charge in [0, 0.05) is 21.4 Å². The minimum Gasteiger partial charge on any atom is -0.268 e. The first kappa shape index (κ1) is 17.3. The Kier molecular flexibility index (Phi) is 3.73. The van der Waals surface area contributed by atoms with Gasteiger partial charge in [0.1, 0.15) is 11.3 Å². The van der Waals surface area contributed by atoms with Crippen molar-refractivity contribution in [3.8, 4) is 11.1 Å². The van der Waals surface area contributed by atoms with E-state index in [9.17, 15) is 4.79 Å². The number of fused-ring (bicyclic) bond motifs is 7. The molecule has 0 aliphatic rings. The zero-order chi connectivity index (χ0) is 20.2. The van der Waals surface area contributed by atoms with Gasteiger partial charge >= 0.3 is 0 Å². The van der Waals surface area contributed by atoms with Gasteiger partial charge in [0.25, 0.3) is 5.56 Å². The summed E-state index contributed by atoms with van der Waals surface area (Å²) in [5, 5.41) is 3.45. The summed E-state index contributed by atoms with van der Waals surface area (Å²) in [6, 6.07) is 26.0. The van der Waals surface area contributed by atoms with Crippen LogP contribution in [0.5, 0.6) is 0 Å². The molecule has 0 amide bonds. The number of rotatable bonds is 1. The molecule has 0 aliphatic carbocycles. The van der Waals surface area contributed by atoms with Crippen molar-refractivity contribution in [2.45, 2.75) is 0 Å². The molecule has 0 aliphatic heterocycles. The van der Waals surface area contributed by atoms with Crippen molar-refractivity contribution in [2.75, 3.05) is 0 Å². The molecule has 0 radical (unpaired) electrons. The summed E-state index contributed by atoms with van der Waals surface area (Å²) in [6.45, 7) is 0. The predicted molar refractivity (Wildman–Crippen MR) is 125 cm³/mol. The van der Waals surface area contributed by atoms with Crippen LogP contribution in [-0.4, -0.2) is 14.4 Å². The molecule has 30 heavy (non-hydrogen) atoms. The maximum absolute atomic E-state index is 13.5. The SMILES string of the molecule is O=c1c2cc(Br)ccc2nc2c3cc(-c4ccccc4)ccc3c3cccnc3n12. The molecule has 0 atom stereocenters. The van der Waals surface area contributed by atoms with Gasteiger partial charge in [-0.3, -0.25) is 4.79 Å². The fraction of sp³-hybridized carbons (Fsp3) is 0. The quantitative estimate of drug-likeness (QED) is 0.228. The second kappa shape index (κ2) is 6.47. The first-order chi connectivity index (χ1) is 14.7. The van der Waals surface area contributed by atoms with Crippen molar-refractivity contribution in [3.63, 3.8) is 0 Å². The van der Waals surface area contributed by atoms with Gasteiger partial charge in [-0.2, -0.15) is 0 Å². The topological polar surface area (TPSA) is 47.3 Å². The fourth-order valence-corrected chi connectivity index (χ4v) is 4.46. The lowest BCUT2D eigenvalue weighted by Gasteiger charge is -2.12. The Morgan fingerprint density at radius 3 is 2.43 bits per heavy atom. The number of hydrogen-bond donors (Lipinski definition) is 0. The van der Waals surface area contributed by atoms with Gasteiger partial charge in [0.15, 0.2) is 0 Å². The summed E-state index contributed by atoms with van der Waals surface area (Å²) in [4.78, 5) is 23.0. The van der Waals surface area contributed by atoms with Crippen LogP contribution in [0.4, 0.5) is 0 Å². The number of hydrogen-bond acceptors (Lipinski definition) is 3. The third-order valence-corrected chi connectivity index (χ3v) is 5.98. The standard InChI is InChI=1S/C25H14BrN3O/c26-17-9-11-22-21(14-17)25(30)29-23-19(7-4-12-27-23)18-10-8-16(13-20(18)24(29)28-22)15-5-2-1-3-6-15/h1-14H. The minimum atomic E-state index is -0.119. The van der Waals surface area contributed by atoms with E-state index in [2.05, 4.69) is 51.2 Å². The second-order valence-corrected chi connectivity index (χ2v) is 8.15. The molecule has 3 aromatic heterocycles. The third-order valence-electron chi connectivity index (χ3n) is 5.49. The molecule has 0 fully saturated rings. The van der Waals surface area contributed by atoms with Crippen LogP contribution < -0.4 is 5.56 Å². The highest BCUT2D eigenvalue weighted by Gasteiger charge is 2.15. The summed E-state index contributed by atoms with van der Waals surface area (Å²) < 4.78 is 2.49. The average molecular weight is 452 g/mol. The number of halogens is 1. The Morgan fingerprint density at radius 1 is 0.700 bits per heavy atom. The van der Waals surface area contributed by atoms with Crippen LogP contribution in [0.15, 0.2) is 94.3 Å². The molecule has 0 saturated carbocycles. The van der Waals surface area contributed by atoms with Crippen LogP contribution in [0.1, 0.15) is 0 Å². The largest absolute Gasteiger partial charge is 0.268 e. The van der Waals surface area contributed by atoms with Crippen molar-refractivity contribution < 1.29 is 0 Å².